The van der Waals surface area contributed by atoms with E-state index in [9.17, 15) is 5.11 Å². The second kappa shape index (κ2) is 11.9. The molecule has 10 nitrogen and oxygen atoms in total. The number of benzene rings is 2. The van der Waals surface area contributed by atoms with Crippen molar-refractivity contribution in [1.82, 2.24) is 34.5 Å². The molecule has 10 heteroatoms. The number of nitrogens with two attached hydrogens (primary N) is 1. The Balaban J connectivity index is 1.13. The average molecular weight is 581 g/mol. The minimum atomic E-state index is 0.239. The molecule has 1 saturated heterocycles. The number of para-hydroxylation sites is 1. The molecule has 1 aliphatic carbocycles. The molecule has 0 bridgehead atoms. The summed E-state index contributed by atoms with van der Waals surface area (Å²) in [4.78, 5) is 17.6. The molecular formula is C33H40N8O2. The van der Waals surface area contributed by atoms with Crippen LogP contribution in [0.4, 0.5) is 5.82 Å². The highest BCUT2D eigenvalue weighted by Gasteiger charge is 2.31. The van der Waals surface area contributed by atoms with Crippen LogP contribution in [-0.2, 0) is 6.42 Å². The number of hydrogen-bond donors (Lipinski definition) is 3. The minimum Gasteiger partial charge on any atom is -0.496 e. The van der Waals surface area contributed by atoms with Gasteiger partial charge in [-0.3, -0.25) is 9.80 Å². The first-order valence-electron chi connectivity index (χ1n) is 15.4. The lowest BCUT2D eigenvalue weighted by atomic mass is 9.90. The molecule has 2 fully saturated rings. The van der Waals surface area contributed by atoms with E-state index in [1.54, 1.807) is 13.4 Å². The number of nitrogens with zero attached hydrogens (tertiary/aromatic N) is 6. The number of ether oxygens (including phenoxy) is 1. The highest BCUT2D eigenvalue weighted by Crippen LogP contribution is 2.38. The monoisotopic (exact) mass is 580 g/mol. The number of β-amino-alcohol motifs (C(OH)–C–C–N with tert-alkyl or cyclic N) is 1. The normalized spacial score (nSPS) is 20.2. The van der Waals surface area contributed by atoms with E-state index < -0.39 is 0 Å². The summed E-state index contributed by atoms with van der Waals surface area (Å²) in [5.41, 5.74) is 12.5. The average Bonchev–Trinajstić information content (AvgIpc) is 3.63. The first-order chi connectivity index (χ1) is 21.1. The molecule has 2 aliphatic rings. The van der Waals surface area contributed by atoms with Gasteiger partial charge in [0.2, 0.25) is 0 Å². The molecule has 7 rings (SSSR count). The second-order valence-corrected chi connectivity index (χ2v) is 11.9. The van der Waals surface area contributed by atoms with Crippen LogP contribution in [0.15, 0.2) is 54.9 Å². The molecule has 0 unspecified atom stereocenters. The van der Waals surface area contributed by atoms with Crippen molar-refractivity contribution < 1.29 is 9.84 Å². The van der Waals surface area contributed by atoms with Gasteiger partial charge in [-0.15, -0.1) is 0 Å². The Bertz CT molecular complexity index is 1710. The van der Waals surface area contributed by atoms with Crippen LogP contribution in [0.5, 0.6) is 5.75 Å². The zero-order chi connectivity index (χ0) is 29.3. The number of nitrogen functional groups attached to an aromatic ring is 1. The Morgan fingerprint density at radius 3 is 2.56 bits per heavy atom. The standard InChI is InChI=1S/C33H40N8O2/c1-43-29-5-3-2-4-22(29)19-25-20-24-18-23(6-11-28(24)37-25)31-30-32(34)35-21-36-33(30)41(38-31)27-9-7-26(8-10-27)40-14-12-39(13-15-40)16-17-42/h2-6,11,18,20-21,26-27,37,42H,7-10,12-17,19H2,1H3,(H2,34,35,36)/t26-,27-. The van der Waals surface area contributed by atoms with Crippen molar-refractivity contribution in [3.63, 3.8) is 0 Å². The lowest BCUT2D eigenvalue weighted by molar-refractivity contribution is 0.0629. The summed E-state index contributed by atoms with van der Waals surface area (Å²) in [7, 11) is 1.71. The molecule has 224 valence electrons. The number of aliphatic hydroxyl groups is 1. The summed E-state index contributed by atoms with van der Waals surface area (Å²) in [5.74, 6) is 1.36. The Hall–Kier alpha value is -3.99. The number of aromatic nitrogens is 5. The number of rotatable bonds is 8. The summed E-state index contributed by atoms with van der Waals surface area (Å²) in [6, 6.07) is 17.6. The van der Waals surface area contributed by atoms with Crippen LogP contribution in [-0.4, -0.2) is 92.1 Å². The predicted molar refractivity (Wildman–Crippen MR) is 169 cm³/mol. The summed E-state index contributed by atoms with van der Waals surface area (Å²) in [6.45, 7) is 5.26. The van der Waals surface area contributed by atoms with Gasteiger partial charge in [0.25, 0.3) is 0 Å². The summed E-state index contributed by atoms with van der Waals surface area (Å²) >= 11 is 0. The predicted octanol–water partition coefficient (Wildman–Crippen LogP) is 4.25. The van der Waals surface area contributed by atoms with Crippen LogP contribution in [0.2, 0.25) is 0 Å². The molecule has 0 amide bonds. The van der Waals surface area contributed by atoms with E-state index in [1.807, 2.05) is 18.2 Å². The zero-order valence-corrected chi connectivity index (χ0v) is 24.7. The van der Waals surface area contributed by atoms with Gasteiger partial charge in [0.1, 0.15) is 23.6 Å². The fourth-order valence-corrected chi connectivity index (χ4v) is 7.10. The highest BCUT2D eigenvalue weighted by molar-refractivity contribution is 6.00. The van der Waals surface area contributed by atoms with Gasteiger partial charge in [0.05, 0.1) is 25.1 Å². The van der Waals surface area contributed by atoms with E-state index in [0.717, 1.165) is 115 Å². The lowest BCUT2D eigenvalue weighted by Gasteiger charge is -2.41. The van der Waals surface area contributed by atoms with Gasteiger partial charge in [0.15, 0.2) is 5.65 Å². The largest absolute Gasteiger partial charge is 0.496 e. The molecular weight excluding hydrogens is 540 g/mol. The highest BCUT2D eigenvalue weighted by atomic mass is 16.5. The quantitative estimate of drug-likeness (QED) is 0.249. The molecule has 5 aromatic rings. The number of hydrogen-bond acceptors (Lipinski definition) is 8. The van der Waals surface area contributed by atoms with Gasteiger partial charge in [-0.05, 0) is 55.5 Å². The maximum atomic E-state index is 9.27. The van der Waals surface area contributed by atoms with Crippen LogP contribution in [0.3, 0.4) is 0 Å². The van der Waals surface area contributed by atoms with Crippen molar-refractivity contribution in [2.75, 3.05) is 52.2 Å². The third-order valence-corrected chi connectivity index (χ3v) is 9.39. The van der Waals surface area contributed by atoms with Gasteiger partial charge >= 0.3 is 0 Å². The number of aromatic amines is 1. The minimum absolute atomic E-state index is 0.239. The number of methoxy groups -OCH3 is 1. The van der Waals surface area contributed by atoms with Gasteiger partial charge in [-0.1, -0.05) is 24.3 Å². The Kier molecular flexibility index (Phi) is 7.73. The van der Waals surface area contributed by atoms with Gasteiger partial charge < -0.3 is 20.6 Å². The van der Waals surface area contributed by atoms with Crippen molar-refractivity contribution in [2.24, 2.45) is 0 Å². The fraction of sp³-hybridized carbons (Fsp3) is 0.424. The molecule has 4 N–H and O–H groups in total. The summed E-state index contributed by atoms with van der Waals surface area (Å²) in [5, 5.41) is 16.4. The van der Waals surface area contributed by atoms with Crippen LogP contribution in [0, 0.1) is 0 Å². The molecule has 0 radical (unpaired) electrons. The number of H-pyrrole nitrogens is 1. The molecule has 1 saturated carbocycles. The number of anilines is 1. The van der Waals surface area contributed by atoms with Crippen LogP contribution in [0.1, 0.15) is 43.0 Å². The zero-order valence-electron chi connectivity index (χ0n) is 24.7. The van der Waals surface area contributed by atoms with E-state index in [0.29, 0.717) is 11.9 Å². The molecule has 4 heterocycles. The second-order valence-electron chi connectivity index (χ2n) is 11.9. The Labute approximate surface area is 251 Å². The molecule has 0 atom stereocenters. The van der Waals surface area contributed by atoms with Crippen molar-refractivity contribution in [1.29, 1.82) is 0 Å². The van der Waals surface area contributed by atoms with Crippen molar-refractivity contribution in [2.45, 2.75) is 44.2 Å². The molecule has 1 aliphatic heterocycles. The van der Waals surface area contributed by atoms with E-state index in [1.165, 1.54) is 0 Å². The van der Waals surface area contributed by atoms with Gasteiger partial charge in [0, 0.05) is 67.3 Å². The number of fused-ring (bicyclic) bond motifs is 2. The third kappa shape index (κ3) is 5.46. The van der Waals surface area contributed by atoms with Crippen LogP contribution < -0.4 is 10.5 Å². The summed E-state index contributed by atoms with van der Waals surface area (Å²) in [6.07, 6.45) is 6.72. The summed E-state index contributed by atoms with van der Waals surface area (Å²) < 4.78 is 7.68. The molecule has 43 heavy (non-hydrogen) atoms. The number of nitrogens with one attached hydrogen (secondary N) is 1. The lowest BCUT2D eigenvalue weighted by Crippen LogP contribution is -2.51. The Morgan fingerprint density at radius 1 is 0.977 bits per heavy atom. The van der Waals surface area contributed by atoms with E-state index in [2.05, 4.69) is 59.8 Å². The maximum absolute atomic E-state index is 9.27. The van der Waals surface area contributed by atoms with Gasteiger partial charge in [-0.25, -0.2) is 14.6 Å². The van der Waals surface area contributed by atoms with Crippen molar-refractivity contribution in [3.8, 4) is 17.0 Å². The first kappa shape index (κ1) is 27.8. The smallest absolute Gasteiger partial charge is 0.164 e. The van der Waals surface area contributed by atoms with E-state index >= 15 is 0 Å². The number of piperazine rings is 1. The van der Waals surface area contributed by atoms with Crippen molar-refractivity contribution in [3.05, 3.63) is 66.1 Å². The fourth-order valence-electron chi connectivity index (χ4n) is 7.10. The first-order valence-corrected chi connectivity index (χ1v) is 15.4. The van der Waals surface area contributed by atoms with Crippen LogP contribution >= 0.6 is 0 Å². The molecule has 3 aromatic heterocycles. The SMILES string of the molecule is COc1ccccc1Cc1cc2cc(-c3nn([C@H]4CC[C@H](N5CCN(CCO)CC5)CC4)c4ncnc(N)c34)ccc2[nH]1. The molecule has 2 aromatic carbocycles. The maximum Gasteiger partial charge on any atom is 0.164 e. The molecule has 0 spiro atoms. The van der Waals surface area contributed by atoms with Crippen LogP contribution in [0.25, 0.3) is 33.2 Å². The van der Waals surface area contributed by atoms with E-state index in [4.69, 9.17) is 15.6 Å². The number of aliphatic hydroxyl groups excluding tert-OH is 1. The van der Waals surface area contributed by atoms with E-state index in [-0.39, 0.29) is 12.6 Å². The Morgan fingerprint density at radius 2 is 1.77 bits per heavy atom. The third-order valence-electron chi connectivity index (χ3n) is 9.39. The topological polar surface area (TPSA) is 121 Å². The van der Waals surface area contributed by atoms with Gasteiger partial charge in [-0.2, -0.15) is 5.10 Å². The van der Waals surface area contributed by atoms with Crippen molar-refractivity contribution >= 4 is 27.8 Å².